The van der Waals surface area contributed by atoms with Crippen molar-refractivity contribution in [3.63, 3.8) is 0 Å². The van der Waals surface area contributed by atoms with Gasteiger partial charge < -0.3 is 10.2 Å². The van der Waals surface area contributed by atoms with Gasteiger partial charge in [-0.15, -0.1) is 0 Å². The molecule has 2 aliphatic heterocycles. The van der Waals surface area contributed by atoms with Gasteiger partial charge in [-0.3, -0.25) is 9.69 Å². The van der Waals surface area contributed by atoms with Crippen molar-refractivity contribution in [2.45, 2.75) is 38.6 Å². The molecular formula is C29H34N6O2. The minimum Gasteiger partial charge on any atom is -0.354 e. The number of nitrogens with zero attached hydrogens (tertiary/aromatic N) is 5. The zero-order valence-electron chi connectivity index (χ0n) is 21.7. The van der Waals surface area contributed by atoms with Crippen LogP contribution in [0.3, 0.4) is 0 Å². The number of imide groups is 1. The Balaban J connectivity index is 1.31. The van der Waals surface area contributed by atoms with E-state index in [2.05, 4.69) is 33.9 Å². The van der Waals surface area contributed by atoms with E-state index in [1.54, 1.807) is 0 Å². The van der Waals surface area contributed by atoms with Crippen molar-refractivity contribution in [1.82, 2.24) is 25.1 Å². The molecule has 8 heteroatoms. The van der Waals surface area contributed by atoms with E-state index in [-0.39, 0.29) is 24.5 Å². The first kappa shape index (κ1) is 24.9. The summed E-state index contributed by atoms with van der Waals surface area (Å²) in [5.41, 5.74) is 1.64. The second-order valence-electron chi connectivity index (χ2n) is 10.2. The highest BCUT2D eigenvalue weighted by molar-refractivity contribution is 6.07. The fourth-order valence-corrected chi connectivity index (χ4v) is 5.11. The Morgan fingerprint density at radius 2 is 1.57 bits per heavy atom. The first-order chi connectivity index (χ1) is 17.9. The maximum Gasteiger partial charge on any atom is 0.326 e. The number of carbonyl (C=O) groups excluding carboxylic acids is 2. The van der Waals surface area contributed by atoms with Crippen LogP contribution in [0.5, 0.6) is 0 Å². The lowest BCUT2D eigenvalue weighted by atomic mass is 9.83. The Hall–Kier alpha value is -3.78. The summed E-state index contributed by atoms with van der Waals surface area (Å²) in [6.07, 6.45) is 0.401. The number of aryl methyl sites for hydroxylation is 1. The van der Waals surface area contributed by atoms with Crippen molar-refractivity contribution in [2.75, 3.05) is 37.7 Å². The molecule has 2 saturated heterocycles. The molecule has 2 aliphatic rings. The second kappa shape index (κ2) is 10.3. The van der Waals surface area contributed by atoms with Crippen molar-refractivity contribution in [3.05, 3.63) is 89.4 Å². The largest absolute Gasteiger partial charge is 0.354 e. The van der Waals surface area contributed by atoms with Gasteiger partial charge in [-0.05, 0) is 18.1 Å². The minimum absolute atomic E-state index is 0.206. The second-order valence-corrected chi connectivity index (χ2v) is 10.2. The quantitative estimate of drug-likeness (QED) is 0.501. The van der Waals surface area contributed by atoms with Crippen LogP contribution in [0.25, 0.3) is 0 Å². The summed E-state index contributed by atoms with van der Waals surface area (Å²) in [5, 5.41) is 3.06. The van der Waals surface area contributed by atoms with Gasteiger partial charge in [0.1, 0.15) is 11.6 Å². The fraction of sp³-hybridized carbons (Fsp3) is 0.379. The highest BCUT2D eigenvalue weighted by Crippen LogP contribution is 2.33. The monoisotopic (exact) mass is 498 g/mol. The number of amides is 3. The third-order valence-corrected chi connectivity index (χ3v) is 7.17. The van der Waals surface area contributed by atoms with Gasteiger partial charge in [0.2, 0.25) is 0 Å². The molecule has 192 valence electrons. The molecule has 0 bridgehead atoms. The predicted octanol–water partition coefficient (Wildman–Crippen LogP) is 3.68. The maximum absolute atomic E-state index is 13.9. The van der Waals surface area contributed by atoms with Gasteiger partial charge in [0.05, 0.1) is 6.67 Å². The van der Waals surface area contributed by atoms with Crippen LogP contribution in [-0.2, 0) is 16.8 Å². The molecule has 0 unspecified atom stereocenters. The summed E-state index contributed by atoms with van der Waals surface area (Å²) in [5.74, 6) is 1.85. The first-order valence-corrected chi connectivity index (χ1v) is 12.9. The van der Waals surface area contributed by atoms with E-state index in [9.17, 15) is 9.59 Å². The average Bonchev–Trinajstić information content (AvgIpc) is 3.14. The zero-order chi connectivity index (χ0) is 26.0. The van der Waals surface area contributed by atoms with Gasteiger partial charge in [-0.1, -0.05) is 74.5 Å². The summed E-state index contributed by atoms with van der Waals surface area (Å²) in [4.78, 5) is 42.3. The van der Waals surface area contributed by atoms with Crippen LogP contribution in [0.2, 0.25) is 0 Å². The number of piperazine rings is 1. The molecule has 1 aromatic heterocycles. The van der Waals surface area contributed by atoms with Gasteiger partial charge in [-0.25, -0.2) is 19.7 Å². The predicted molar refractivity (Wildman–Crippen MR) is 143 cm³/mol. The maximum atomic E-state index is 13.9. The van der Waals surface area contributed by atoms with Crippen LogP contribution in [0, 0.1) is 6.92 Å². The van der Waals surface area contributed by atoms with Crippen molar-refractivity contribution < 1.29 is 9.59 Å². The third-order valence-electron chi connectivity index (χ3n) is 7.17. The normalized spacial score (nSPS) is 20.5. The van der Waals surface area contributed by atoms with E-state index >= 15 is 0 Å². The topological polar surface area (TPSA) is 81.7 Å². The molecule has 3 amide bonds. The van der Waals surface area contributed by atoms with Crippen molar-refractivity contribution in [3.8, 4) is 0 Å². The number of urea groups is 1. The van der Waals surface area contributed by atoms with Gasteiger partial charge in [0.15, 0.2) is 5.54 Å². The minimum atomic E-state index is -1.12. The molecule has 0 aliphatic carbocycles. The van der Waals surface area contributed by atoms with Crippen LogP contribution < -0.4 is 10.2 Å². The van der Waals surface area contributed by atoms with E-state index in [1.807, 2.05) is 73.7 Å². The molecule has 1 atom stereocenters. The van der Waals surface area contributed by atoms with Gasteiger partial charge in [0.25, 0.3) is 5.91 Å². The lowest BCUT2D eigenvalue weighted by Crippen LogP contribution is -2.52. The molecule has 8 nitrogen and oxygen atoms in total. The Labute approximate surface area is 218 Å². The number of aromatic nitrogens is 2. The third kappa shape index (κ3) is 5.06. The van der Waals surface area contributed by atoms with Crippen LogP contribution in [-0.4, -0.2) is 64.6 Å². The molecule has 2 aromatic carbocycles. The molecule has 3 aromatic rings. The summed E-state index contributed by atoms with van der Waals surface area (Å²) < 4.78 is 0. The summed E-state index contributed by atoms with van der Waals surface area (Å²) >= 11 is 0. The molecule has 0 spiro atoms. The number of hydrogen-bond acceptors (Lipinski definition) is 6. The molecule has 0 radical (unpaired) electrons. The van der Waals surface area contributed by atoms with Gasteiger partial charge >= 0.3 is 6.03 Å². The Bertz CT molecular complexity index is 1260. The number of anilines is 1. The molecule has 37 heavy (non-hydrogen) atoms. The number of nitrogens with one attached hydrogen (secondary N) is 1. The van der Waals surface area contributed by atoms with Gasteiger partial charge in [-0.2, -0.15) is 0 Å². The molecule has 2 fully saturated rings. The lowest BCUT2D eigenvalue weighted by molar-refractivity contribution is -0.133. The smallest absolute Gasteiger partial charge is 0.326 e. The SMILES string of the molecule is Cc1cc(N2CCN(CN3C(=O)N[C@](Cc4ccccc4)(c4ccccc4)C3=O)CC2)nc(C(C)C)n1. The molecular weight excluding hydrogens is 464 g/mol. The molecule has 3 heterocycles. The van der Waals surface area contributed by atoms with E-state index < -0.39 is 5.54 Å². The van der Waals surface area contributed by atoms with Crippen LogP contribution in [0.1, 0.15) is 42.4 Å². The molecule has 1 N–H and O–H groups in total. The van der Waals surface area contributed by atoms with Crippen LogP contribution in [0.15, 0.2) is 66.7 Å². The highest BCUT2D eigenvalue weighted by atomic mass is 16.2. The zero-order valence-corrected chi connectivity index (χ0v) is 21.7. The number of hydrogen-bond donors (Lipinski definition) is 1. The Kier molecular flexibility index (Phi) is 6.93. The standard InChI is InChI=1S/C29H34N6O2/c1-21(2)26-30-22(3)18-25(31-26)34-16-14-33(15-17-34)20-35-27(36)29(32-28(35)37,24-12-8-5-9-13-24)19-23-10-6-4-7-11-23/h4-13,18,21H,14-17,19-20H2,1-3H3,(H,32,37)/t29-/m1/s1. The summed E-state index contributed by atoms with van der Waals surface area (Å²) in [6, 6.07) is 21.1. The fourth-order valence-electron chi connectivity index (χ4n) is 5.11. The van der Waals surface area contributed by atoms with E-state index in [0.29, 0.717) is 6.42 Å². The highest BCUT2D eigenvalue weighted by Gasteiger charge is 2.52. The van der Waals surface area contributed by atoms with E-state index in [4.69, 9.17) is 4.98 Å². The van der Waals surface area contributed by atoms with Crippen LogP contribution in [0.4, 0.5) is 10.6 Å². The number of benzene rings is 2. The van der Waals surface area contributed by atoms with Crippen molar-refractivity contribution in [2.24, 2.45) is 0 Å². The molecule has 5 rings (SSSR count). The van der Waals surface area contributed by atoms with Gasteiger partial charge in [0, 0.05) is 50.3 Å². The Morgan fingerprint density at radius 1 is 0.919 bits per heavy atom. The van der Waals surface area contributed by atoms with E-state index in [1.165, 1.54) is 4.90 Å². The van der Waals surface area contributed by atoms with Crippen molar-refractivity contribution in [1.29, 1.82) is 0 Å². The molecule has 0 saturated carbocycles. The van der Waals surface area contributed by atoms with Crippen molar-refractivity contribution >= 4 is 17.8 Å². The van der Waals surface area contributed by atoms with Crippen LogP contribution >= 0.6 is 0 Å². The van der Waals surface area contributed by atoms with E-state index in [0.717, 1.165) is 54.6 Å². The Morgan fingerprint density at radius 3 is 2.22 bits per heavy atom. The summed E-state index contributed by atoms with van der Waals surface area (Å²) in [7, 11) is 0. The first-order valence-electron chi connectivity index (χ1n) is 12.9. The number of carbonyl (C=O) groups is 2. The number of rotatable bonds is 7. The summed E-state index contributed by atoms with van der Waals surface area (Å²) in [6.45, 7) is 9.46. The average molecular weight is 499 g/mol. The lowest BCUT2D eigenvalue weighted by Gasteiger charge is -2.37.